The van der Waals surface area contributed by atoms with Gasteiger partial charge in [-0.25, -0.2) is 13.2 Å². The summed E-state index contributed by atoms with van der Waals surface area (Å²) in [5, 5.41) is 2.88. The molecule has 2 heterocycles. The number of urea groups is 1. The number of sulfonamides is 1. The number of benzene rings is 1. The Morgan fingerprint density at radius 3 is 2.52 bits per heavy atom. The number of nitrogens with one attached hydrogen (secondary N) is 1. The fraction of sp³-hybridized carbons (Fsp3) is 0.562. The van der Waals surface area contributed by atoms with E-state index in [4.69, 9.17) is 9.47 Å². The second-order valence-electron chi connectivity index (χ2n) is 6.27. The summed E-state index contributed by atoms with van der Waals surface area (Å²) in [7, 11) is -3.33. The fourth-order valence-electron chi connectivity index (χ4n) is 3.01. The third kappa shape index (κ3) is 4.49. The highest BCUT2D eigenvalue weighted by molar-refractivity contribution is 7.88. The zero-order valence-electron chi connectivity index (χ0n) is 14.2. The van der Waals surface area contributed by atoms with Crippen molar-refractivity contribution in [2.45, 2.75) is 12.3 Å². The Kier molecular flexibility index (Phi) is 5.28. The first-order chi connectivity index (χ1) is 11.9. The molecule has 0 aliphatic carbocycles. The van der Waals surface area contributed by atoms with Gasteiger partial charge in [-0.15, -0.1) is 0 Å². The largest absolute Gasteiger partial charge is 0.346 e. The summed E-state index contributed by atoms with van der Waals surface area (Å²) in [6.45, 7) is 1.99. The lowest BCUT2D eigenvalue weighted by atomic mass is 10.2. The van der Waals surface area contributed by atoms with Crippen LogP contribution in [0.25, 0.3) is 0 Å². The first-order valence-corrected chi connectivity index (χ1v) is 10.0. The summed E-state index contributed by atoms with van der Waals surface area (Å²) < 4.78 is 36.4. The third-order valence-corrected chi connectivity index (χ3v) is 5.57. The molecule has 9 heteroatoms. The molecule has 0 radical (unpaired) electrons. The Morgan fingerprint density at radius 1 is 1.16 bits per heavy atom. The lowest BCUT2D eigenvalue weighted by molar-refractivity contribution is -0.278. The Labute approximate surface area is 147 Å². The van der Waals surface area contributed by atoms with Gasteiger partial charge < -0.3 is 19.7 Å². The zero-order valence-corrected chi connectivity index (χ0v) is 15.0. The molecule has 1 spiro atoms. The van der Waals surface area contributed by atoms with Crippen LogP contribution in [0.1, 0.15) is 5.56 Å². The van der Waals surface area contributed by atoms with E-state index in [1.54, 1.807) is 4.90 Å². The number of amides is 2. The van der Waals surface area contributed by atoms with Crippen molar-refractivity contribution >= 4 is 16.1 Å². The lowest BCUT2D eigenvalue weighted by Crippen LogP contribution is -2.64. The molecular formula is C16H23N3O5S. The monoisotopic (exact) mass is 369 g/mol. The number of carbonyl (C=O) groups excluding carboxylic acids is 1. The number of rotatable bonds is 3. The van der Waals surface area contributed by atoms with E-state index in [-0.39, 0.29) is 25.7 Å². The highest BCUT2D eigenvalue weighted by Crippen LogP contribution is 2.25. The van der Waals surface area contributed by atoms with Gasteiger partial charge in [-0.3, -0.25) is 0 Å². The maximum Gasteiger partial charge on any atom is 0.317 e. The predicted octanol–water partition coefficient (Wildman–Crippen LogP) is 0.217. The molecular weight excluding hydrogens is 346 g/mol. The van der Waals surface area contributed by atoms with Gasteiger partial charge in [-0.05, 0) is 5.56 Å². The molecule has 1 N–H and O–H groups in total. The molecule has 3 rings (SSSR count). The summed E-state index contributed by atoms with van der Waals surface area (Å²) in [5.74, 6) is -1.09. The summed E-state index contributed by atoms with van der Waals surface area (Å²) in [4.78, 5) is 14.1. The maximum absolute atomic E-state index is 12.4. The first-order valence-electron chi connectivity index (χ1n) is 8.18. The van der Waals surface area contributed by atoms with Crippen molar-refractivity contribution in [3.8, 4) is 0 Å². The minimum Gasteiger partial charge on any atom is -0.346 e. The summed E-state index contributed by atoms with van der Waals surface area (Å²) in [6.07, 6.45) is 1.17. The van der Waals surface area contributed by atoms with Crippen LogP contribution >= 0.6 is 0 Å². The molecule has 1 atom stereocenters. The number of ether oxygens (including phenoxy) is 2. The van der Waals surface area contributed by atoms with E-state index in [1.807, 2.05) is 30.3 Å². The summed E-state index contributed by atoms with van der Waals surface area (Å²) in [5.41, 5.74) is 1.01. The van der Waals surface area contributed by atoms with Crippen LogP contribution in [0.2, 0.25) is 0 Å². The van der Waals surface area contributed by atoms with Crippen molar-refractivity contribution in [1.82, 2.24) is 14.5 Å². The van der Waals surface area contributed by atoms with Crippen molar-refractivity contribution in [2.24, 2.45) is 0 Å². The van der Waals surface area contributed by atoms with Gasteiger partial charge >= 0.3 is 6.03 Å². The number of morpholine rings is 2. The predicted molar refractivity (Wildman–Crippen MR) is 91.3 cm³/mol. The van der Waals surface area contributed by atoms with Gasteiger partial charge in [-0.1, -0.05) is 30.3 Å². The highest BCUT2D eigenvalue weighted by atomic mass is 32.2. The minimum absolute atomic E-state index is 0.0916. The lowest BCUT2D eigenvalue weighted by Gasteiger charge is -2.46. The van der Waals surface area contributed by atoms with Crippen molar-refractivity contribution < 1.29 is 22.7 Å². The quantitative estimate of drug-likeness (QED) is 0.823. The maximum atomic E-state index is 12.4. The summed E-state index contributed by atoms with van der Waals surface area (Å²) >= 11 is 0. The molecule has 2 aliphatic rings. The molecule has 25 heavy (non-hydrogen) atoms. The topological polar surface area (TPSA) is 88.2 Å². The molecule has 1 aromatic rings. The second kappa shape index (κ2) is 7.28. The van der Waals surface area contributed by atoms with Gasteiger partial charge in [0.2, 0.25) is 10.0 Å². The van der Waals surface area contributed by atoms with Crippen molar-refractivity contribution in [2.75, 3.05) is 45.6 Å². The van der Waals surface area contributed by atoms with Gasteiger partial charge in [0.1, 0.15) is 0 Å². The molecule has 1 unspecified atom stereocenters. The van der Waals surface area contributed by atoms with E-state index in [9.17, 15) is 13.2 Å². The number of carbonyl (C=O) groups is 1. The van der Waals surface area contributed by atoms with Crippen LogP contribution in [-0.2, 0) is 26.0 Å². The van der Waals surface area contributed by atoms with E-state index in [1.165, 1.54) is 10.6 Å². The van der Waals surface area contributed by atoms with Gasteiger partial charge in [0.05, 0.1) is 32.6 Å². The third-order valence-electron chi connectivity index (χ3n) is 4.32. The smallest absolute Gasteiger partial charge is 0.317 e. The summed E-state index contributed by atoms with van der Waals surface area (Å²) in [6, 6.07) is 9.42. The molecule has 0 aromatic heterocycles. The highest BCUT2D eigenvalue weighted by Gasteiger charge is 2.45. The van der Waals surface area contributed by atoms with Gasteiger partial charge in [0.15, 0.2) is 5.79 Å². The minimum atomic E-state index is -3.33. The fourth-order valence-corrected chi connectivity index (χ4v) is 3.85. The molecule has 2 aliphatic heterocycles. The number of nitrogens with zero attached hydrogens (tertiary/aromatic N) is 2. The van der Waals surface area contributed by atoms with Crippen LogP contribution in [0.3, 0.4) is 0 Å². The average molecular weight is 369 g/mol. The molecule has 138 valence electrons. The number of hydrogen-bond donors (Lipinski definition) is 1. The average Bonchev–Trinajstić information content (AvgIpc) is 2.60. The van der Waals surface area contributed by atoms with E-state index < -0.39 is 15.8 Å². The van der Waals surface area contributed by atoms with Gasteiger partial charge in [0, 0.05) is 19.6 Å². The van der Waals surface area contributed by atoms with Gasteiger partial charge in [-0.2, -0.15) is 4.31 Å². The molecule has 2 saturated heterocycles. The Morgan fingerprint density at radius 2 is 1.84 bits per heavy atom. The van der Waals surface area contributed by atoms with Gasteiger partial charge in [0.25, 0.3) is 0 Å². The van der Waals surface area contributed by atoms with Crippen LogP contribution in [0, 0.1) is 0 Å². The Bertz CT molecular complexity index is 708. The first kappa shape index (κ1) is 18.1. The van der Waals surface area contributed by atoms with E-state index >= 15 is 0 Å². The van der Waals surface area contributed by atoms with Crippen LogP contribution in [0.4, 0.5) is 4.79 Å². The molecule has 2 amide bonds. The normalized spacial score (nSPS) is 25.1. The standard InChI is InChI=1S/C16H23N3O5S/c1-25(21,22)19-8-10-24-16(13-19)12-18(7-9-23-16)15(20)17-11-14-5-3-2-4-6-14/h2-6H,7-13H2,1H3,(H,17,20). The van der Waals surface area contributed by atoms with Crippen molar-refractivity contribution in [1.29, 1.82) is 0 Å². The van der Waals surface area contributed by atoms with E-state index in [2.05, 4.69) is 5.32 Å². The van der Waals surface area contributed by atoms with Crippen LogP contribution in [0.5, 0.6) is 0 Å². The molecule has 0 saturated carbocycles. The van der Waals surface area contributed by atoms with Crippen molar-refractivity contribution in [3.05, 3.63) is 35.9 Å². The molecule has 1 aromatic carbocycles. The zero-order chi connectivity index (χ0) is 17.9. The van der Waals surface area contributed by atoms with Crippen LogP contribution < -0.4 is 5.32 Å². The van der Waals surface area contributed by atoms with E-state index in [0.717, 1.165) is 5.56 Å². The molecule has 2 fully saturated rings. The van der Waals surface area contributed by atoms with E-state index in [0.29, 0.717) is 26.2 Å². The Balaban J connectivity index is 1.61. The van der Waals surface area contributed by atoms with Crippen LogP contribution in [0.15, 0.2) is 30.3 Å². The molecule has 0 bridgehead atoms. The van der Waals surface area contributed by atoms with Crippen molar-refractivity contribution in [3.63, 3.8) is 0 Å². The number of hydrogen-bond acceptors (Lipinski definition) is 5. The second-order valence-corrected chi connectivity index (χ2v) is 8.25. The molecule has 8 nitrogen and oxygen atoms in total. The Hall–Kier alpha value is -1.68. The van der Waals surface area contributed by atoms with Crippen LogP contribution in [-0.4, -0.2) is 75.1 Å². The SMILES string of the molecule is CS(=O)(=O)N1CCOC2(CN(C(=O)NCc3ccccc3)CCO2)C1.